The number of hydrogen-bond acceptors (Lipinski definition) is 3. The standard InChI is InChI=1S/C13H26N2O2/c1-10(2)11-9-15(8-7-14(11)6)12(16)17-13(3,4)5/h10-11H,7-9H2,1-6H3/t11-/m1/s1. The van der Waals surface area contributed by atoms with Gasteiger partial charge in [-0.15, -0.1) is 0 Å². The van der Waals surface area contributed by atoms with Gasteiger partial charge in [-0.25, -0.2) is 4.79 Å². The molecular weight excluding hydrogens is 216 g/mol. The number of hydrogen-bond donors (Lipinski definition) is 0. The van der Waals surface area contributed by atoms with Crippen LogP contribution in [0, 0.1) is 5.92 Å². The molecule has 0 unspecified atom stereocenters. The highest BCUT2D eigenvalue weighted by Gasteiger charge is 2.31. The van der Waals surface area contributed by atoms with Crippen molar-refractivity contribution in [2.75, 3.05) is 26.7 Å². The zero-order valence-corrected chi connectivity index (χ0v) is 12.0. The van der Waals surface area contributed by atoms with Gasteiger partial charge in [0.1, 0.15) is 5.60 Å². The molecule has 0 aliphatic carbocycles. The van der Waals surface area contributed by atoms with E-state index in [-0.39, 0.29) is 6.09 Å². The molecule has 1 heterocycles. The van der Waals surface area contributed by atoms with Crippen molar-refractivity contribution in [1.82, 2.24) is 9.80 Å². The quantitative estimate of drug-likeness (QED) is 0.706. The normalized spacial score (nSPS) is 23.0. The van der Waals surface area contributed by atoms with Gasteiger partial charge in [-0.2, -0.15) is 0 Å². The van der Waals surface area contributed by atoms with Gasteiger partial charge < -0.3 is 9.64 Å². The van der Waals surface area contributed by atoms with Gasteiger partial charge in [0.05, 0.1) is 0 Å². The Balaban J connectivity index is 2.59. The van der Waals surface area contributed by atoms with E-state index in [1.54, 1.807) is 0 Å². The number of nitrogens with zero attached hydrogens (tertiary/aromatic N) is 2. The van der Waals surface area contributed by atoms with E-state index in [1.165, 1.54) is 0 Å². The molecule has 0 aromatic rings. The van der Waals surface area contributed by atoms with Crippen LogP contribution < -0.4 is 0 Å². The second-order valence-electron chi connectivity index (χ2n) is 6.22. The summed E-state index contributed by atoms with van der Waals surface area (Å²) in [7, 11) is 2.12. The van der Waals surface area contributed by atoms with Crippen LogP contribution in [-0.4, -0.2) is 54.2 Å². The molecule has 0 saturated carbocycles. The molecule has 1 fully saturated rings. The number of amides is 1. The predicted molar refractivity (Wildman–Crippen MR) is 69.1 cm³/mol. The minimum atomic E-state index is -0.409. The minimum absolute atomic E-state index is 0.184. The van der Waals surface area contributed by atoms with Crippen molar-refractivity contribution in [1.29, 1.82) is 0 Å². The van der Waals surface area contributed by atoms with Crippen LogP contribution in [0.5, 0.6) is 0 Å². The summed E-state index contributed by atoms with van der Waals surface area (Å²) < 4.78 is 5.41. The van der Waals surface area contributed by atoms with Gasteiger partial charge in [0, 0.05) is 25.7 Å². The van der Waals surface area contributed by atoms with Crippen LogP contribution in [0.3, 0.4) is 0 Å². The Bertz CT molecular complexity index is 271. The van der Waals surface area contributed by atoms with Crippen LogP contribution in [-0.2, 0) is 4.74 Å². The van der Waals surface area contributed by atoms with Gasteiger partial charge in [-0.1, -0.05) is 13.8 Å². The summed E-state index contributed by atoms with van der Waals surface area (Å²) in [5.41, 5.74) is -0.409. The number of carbonyl (C=O) groups is 1. The van der Waals surface area contributed by atoms with E-state index in [1.807, 2.05) is 25.7 Å². The number of likely N-dealkylation sites (N-methyl/N-ethyl adjacent to an activating group) is 1. The molecule has 17 heavy (non-hydrogen) atoms. The smallest absolute Gasteiger partial charge is 0.410 e. The monoisotopic (exact) mass is 242 g/mol. The van der Waals surface area contributed by atoms with Crippen molar-refractivity contribution < 1.29 is 9.53 Å². The zero-order chi connectivity index (χ0) is 13.2. The lowest BCUT2D eigenvalue weighted by molar-refractivity contribution is 0.00260. The Morgan fingerprint density at radius 1 is 1.29 bits per heavy atom. The van der Waals surface area contributed by atoms with Crippen LogP contribution >= 0.6 is 0 Å². The first-order valence-electron chi connectivity index (χ1n) is 6.39. The number of carbonyl (C=O) groups excluding carboxylic acids is 1. The lowest BCUT2D eigenvalue weighted by Gasteiger charge is -2.41. The Labute approximate surface area is 105 Å². The third-order valence-electron chi connectivity index (χ3n) is 3.12. The fourth-order valence-electron chi connectivity index (χ4n) is 2.11. The van der Waals surface area contributed by atoms with Gasteiger partial charge in [0.25, 0.3) is 0 Å². The van der Waals surface area contributed by atoms with E-state index in [4.69, 9.17) is 4.74 Å². The Morgan fingerprint density at radius 2 is 1.88 bits per heavy atom. The highest BCUT2D eigenvalue weighted by Crippen LogP contribution is 2.18. The second-order valence-corrected chi connectivity index (χ2v) is 6.22. The fourth-order valence-corrected chi connectivity index (χ4v) is 2.11. The Morgan fingerprint density at radius 3 is 2.35 bits per heavy atom. The molecule has 4 nitrogen and oxygen atoms in total. The fraction of sp³-hybridized carbons (Fsp3) is 0.923. The lowest BCUT2D eigenvalue weighted by atomic mass is 10.0. The molecule has 1 aliphatic heterocycles. The first-order valence-corrected chi connectivity index (χ1v) is 6.39. The number of piperazine rings is 1. The van der Waals surface area contributed by atoms with E-state index in [0.717, 1.165) is 19.6 Å². The van der Waals surface area contributed by atoms with E-state index >= 15 is 0 Å². The highest BCUT2D eigenvalue weighted by atomic mass is 16.6. The van der Waals surface area contributed by atoms with Crippen LogP contribution in [0.4, 0.5) is 4.79 Å². The summed E-state index contributed by atoms with van der Waals surface area (Å²) >= 11 is 0. The molecule has 0 N–H and O–H groups in total. The molecule has 0 spiro atoms. The van der Waals surface area contributed by atoms with E-state index in [0.29, 0.717) is 12.0 Å². The minimum Gasteiger partial charge on any atom is -0.444 e. The first kappa shape index (κ1) is 14.3. The summed E-state index contributed by atoms with van der Waals surface area (Å²) in [5, 5.41) is 0. The maximum absolute atomic E-state index is 12.0. The molecule has 0 bridgehead atoms. The van der Waals surface area contributed by atoms with Gasteiger partial charge in [-0.3, -0.25) is 4.90 Å². The molecule has 1 amide bonds. The lowest BCUT2D eigenvalue weighted by Crippen LogP contribution is -2.55. The van der Waals surface area contributed by atoms with Crippen LogP contribution in [0.15, 0.2) is 0 Å². The average molecular weight is 242 g/mol. The summed E-state index contributed by atoms with van der Waals surface area (Å²) in [6.07, 6.45) is -0.184. The van der Waals surface area contributed by atoms with Crippen molar-refractivity contribution in [2.45, 2.75) is 46.3 Å². The molecule has 1 aliphatic rings. The molecule has 1 saturated heterocycles. The zero-order valence-electron chi connectivity index (χ0n) is 12.0. The first-order chi connectivity index (χ1) is 7.70. The SMILES string of the molecule is CC(C)[C@H]1CN(C(=O)OC(C)(C)C)CCN1C. The summed E-state index contributed by atoms with van der Waals surface area (Å²) in [6, 6.07) is 0.427. The highest BCUT2D eigenvalue weighted by molar-refractivity contribution is 5.68. The Hall–Kier alpha value is -0.770. The average Bonchev–Trinajstić information content (AvgIpc) is 2.14. The summed E-state index contributed by atoms with van der Waals surface area (Å²) in [5.74, 6) is 0.547. The molecule has 0 aromatic carbocycles. The van der Waals surface area contributed by atoms with Crippen LogP contribution in [0.2, 0.25) is 0 Å². The van der Waals surface area contributed by atoms with E-state index < -0.39 is 5.60 Å². The van der Waals surface area contributed by atoms with Gasteiger partial charge in [-0.05, 0) is 33.7 Å². The predicted octanol–water partition coefficient (Wildman–Crippen LogP) is 2.19. The number of ether oxygens (including phenoxy) is 1. The van der Waals surface area contributed by atoms with Crippen molar-refractivity contribution in [2.24, 2.45) is 5.92 Å². The van der Waals surface area contributed by atoms with E-state index in [9.17, 15) is 4.79 Å². The van der Waals surface area contributed by atoms with Crippen molar-refractivity contribution in [3.63, 3.8) is 0 Å². The van der Waals surface area contributed by atoms with Gasteiger partial charge in [0.15, 0.2) is 0 Å². The summed E-state index contributed by atoms with van der Waals surface area (Å²) in [6.45, 7) is 12.5. The molecule has 1 atom stereocenters. The largest absolute Gasteiger partial charge is 0.444 e. The van der Waals surface area contributed by atoms with Crippen molar-refractivity contribution >= 4 is 6.09 Å². The van der Waals surface area contributed by atoms with Gasteiger partial charge in [0.2, 0.25) is 0 Å². The molecule has 4 heteroatoms. The topological polar surface area (TPSA) is 32.8 Å². The van der Waals surface area contributed by atoms with Crippen molar-refractivity contribution in [3.8, 4) is 0 Å². The molecule has 0 aromatic heterocycles. The molecule has 100 valence electrons. The van der Waals surface area contributed by atoms with Gasteiger partial charge >= 0.3 is 6.09 Å². The number of rotatable bonds is 1. The van der Waals surface area contributed by atoms with Crippen molar-refractivity contribution in [3.05, 3.63) is 0 Å². The van der Waals surface area contributed by atoms with E-state index in [2.05, 4.69) is 25.8 Å². The Kier molecular flexibility index (Phi) is 4.42. The van der Waals surface area contributed by atoms with Crippen LogP contribution in [0.25, 0.3) is 0 Å². The van der Waals surface area contributed by atoms with Crippen LogP contribution in [0.1, 0.15) is 34.6 Å². The maximum atomic E-state index is 12.0. The molecular formula is C13H26N2O2. The maximum Gasteiger partial charge on any atom is 0.410 e. The molecule has 1 rings (SSSR count). The summed E-state index contributed by atoms with van der Waals surface area (Å²) in [4.78, 5) is 16.1. The molecule has 0 radical (unpaired) electrons. The second kappa shape index (κ2) is 5.25. The third kappa shape index (κ3) is 4.19. The third-order valence-corrected chi connectivity index (χ3v) is 3.12.